The fraction of sp³-hybridized carbons (Fsp3) is 0.400. The van der Waals surface area contributed by atoms with Gasteiger partial charge in [0.05, 0.1) is 18.7 Å². The molecule has 0 bridgehead atoms. The lowest BCUT2D eigenvalue weighted by Gasteiger charge is -2.09. The SMILES string of the molecule is O=C(Cc1cccs1)NCc1ccnc(C2CCCO2)n1. The van der Waals surface area contributed by atoms with Crippen molar-refractivity contribution in [2.75, 3.05) is 6.61 Å². The van der Waals surface area contributed by atoms with E-state index in [2.05, 4.69) is 15.3 Å². The predicted molar refractivity (Wildman–Crippen MR) is 79.8 cm³/mol. The van der Waals surface area contributed by atoms with Crippen LogP contribution in [0.1, 0.15) is 35.3 Å². The second-order valence-corrected chi connectivity index (χ2v) is 5.97. The standard InChI is InChI=1S/C15H17N3O2S/c19-14(9-12-3-2-8-21-12)17-10-11-5-6-16-15(18-11)13-4-1-7-20-13/h2-3,5-6,8,13H,1,4,7,9-10H2,(H,17,19). The summed E-state index contributed by atoms with van der Waals surface area (Å²) in [6.07, 6.45) is 4.17. The highest BCUT2D eigenvalue weighted by Crippen LogP contribution is 2.25. The molecule has 1 atom stereocenters. The number of nitrogens with one attached hydrogen (secondary N) is 1. The first kappa shape index (κ1) is 14.2. The van der Waals surface area contributed by atoms with Crippen molar-refractivity contribution < 1.29 is 9.53 Å². The molecule has 1 aliphatic heterocycles. The summed E-state index contributed by atoms with van der Waals surface area (Å²) >= 11 is 1.59. The van der Waals surface area contributed by atoms with Crippen molar-refractivity contribution >= 4 is 17.2 Å². The van der Waals surface area contributed by atoms with Crippen molar-refractivity contribution in [3.05, 3.63) is 46.2 Å². The molecular weight excluding hydrogens is 286 g/mol. The molecule has 2 aromatic rings. The van der Waals surface area contributed by atoms with E-state index < -0.39 is 0 Å². The Hall–Kier alpha value is -1.79. The van der Waals surface area contributed by atoms with Gasteiger partial charge in [-0.05, 0) is 30.4 Å². The summed E-state index contributed by atoms with van der Waals surface area (Å²) in [6.45, 7) is 1.20. The first-order valence-electron chi connectivity index (χ1n) is 7.04. The van der Waals surface area contributed by atoms with Gasteiger partial charge in [-0.2, -0.15) is 0 Å². The van der Waals surface area contributed by atoms with E-state index in [1.807, 2.05) is 23.6 Å². The molecule has 0 saturated carbocycles. The minimum atomic E-state index is 0.00627. The van der Waals surface area contributed by atoms with Crippen molar-refractivity contribution in [1.82, 2.24) is 15.3 Å². The van der Waals surface area contributed by atoms with Gasteiger partial charge < -0.3 is 10.1 Å². The van der Waals surface area contributed by atoms with Crippen LogP contribution in [-0.4, -0.2) is 22.5 Å². The average molecular weight is 303 g/mol. The van der Waals surface area contributed by atoms with Crippen molar-refractivity contribution in [2.24, 2.45) is 0 Å². The lowest BCUT2D eigenvalue weighted by Crippen LogP contribution is -2.25. The van der Waals surface area contributed by atoms with Crippen molar-refractivity contribution in [3.8, 4) is 0 Å². The van der Waals surface area contributed by atoms with Crippen LogP contribution in [-0.2, 0) is 22.5 Å². The number of carbonyl (C=O) groups is 1. The Bertz CT molecular complexity index is 595. The van der Waals surface area contributed by atoms with Gasteiger partial charge in [0.15, 0.2) is 5.82 Å². The number of amides is 1. The van der Waals surface area contributed by atoms with Gasteiger partial charge in [0.2, 0.25) is 5.91 Å². The zero-order chi connectivity index (χ0) is 14.5. The number of hydrogen-bond acceptors (Lipinski definition) is 5. The molecule has 3 rings (SSSR count). The molecular formula is C15H17N3O2S. The Kier molecular flexibility index (Phi) is 4.57. The van der Waals surface area contributed by atoms with Gasteiger partial charge in [-0.15, -0.1) is 11.3 Å². The third-order valence-electron chi connectivity index (χ3n) is 3.33. The fourth-order valence-electron chi connectivity index (χ4n) is 2.27. The fourth-order valence-corrected chi connectivity index (χ4v) is 2.97. The highest BCUT2D eigenvalue weighted by Gasteiger charge is 2.20. The van der Waals surface area contributed by atoms with Crippen LogP contribution >= 0.6 is 11.3 Å². The molecule has 0 spiro atoms. The normalized spacial score (nSPS) is 17.8. The van der Waals surface area contributed by atoms with Gasteiger partial charge in [0, 0.05) is 17.7 Å². The van der Waals surface area contributed by atoms with Gasteiger partial charge in [0.1, 0.15) is 6.10 Å². The van der Waals surface area contributed by atoms with Gasteiger partial charge in [0.25, 0.3) is 0 Å². The second-order valence-electron chi connectivity index (χ2n) is 4.94. The van der Waals surface area contributed by atoms with Crippen molar-refractivity contribution in [2.45, 2.75) is 31.9 Å². The molecule has 1 saturated heterocycles. The zero-order valence-electron chi connectivity index (χ0n) is 11.6. The van der Waals surface area contributed by atoms with E-state index in [-0.39, 0.29) is 12.0 Å². The van der Waals surface area contributed by atoms with Gasteiger partial charge in [-0.1, -0.05) is 6.07 Å². The monoisotopic (exact) mass is 303 g/mol. The van der Waals surface area contributed by atoms with E-state index in [4.69, 9.17) is 4.74 Å². The summed E-state index contributed by atoms with van der Waals surface area (Å²) < 4.78 is 5.58. The smallest absolute Gasteiger partial charge is 0.225 e. The number of ether oxygens (including phenoxy) is 1. The summed E-state index contributed by atoms with van der Waals surface area (Å²) in [4.78, 5) is 21.7. The molecule has 2 aromatic heterocycles. The second kappa shape index (κ2) is 6.78. The Labute approximate surface area is 127 Å². The maximum Gasteiger partial charge on any atom is 0.225 e. The van der Waals surface area contributed by atoms with Gasteiger partial charge >= 0.3 is 0 Å². The van der Waals surface area contributed by atoms with Crippen LogP contribution in [0.3, 0.4) is 0 Å². The molecule has 0 radical (unpaired) electrons. The Morgan fingerprint density at radius 3 is 3.19 bits per heavy atom. The molecule has 1 N–H and O–H groups in total. The van der Waals surface area contributed by atoms with E-state index in [0.29, 0.717) is 13.0 Å². The summed E-state index contributed by atoms with van der Waals surface area (Å²) in [6, 6.07) is 5.74. The minimum absolute atomic E-state index is 0.00627. The third-order valence-corrected chi connectivity index (χ3v) is 4.21. The molecule has 21 heavy (non-hydrogen) atoms. The molecule has 1 amide bonds. The first-order chi connectivity index (χ1) is 10.3. The number of nitrogens with zero attached hydrogens (tertiary/aromatic N) is 2. The quantitative estimate of drug-likeness (QED) is 0.920. The van der Waals surface area contributed by atoms with E-state index in [0.717, 1.165) is 35.8 Å². The molecule has 110 valence electrons. The summed E-state index contributed by atoms with van der Waals surface area (Å²) in [5, 5.41) is 4.86. The number of thiophene rings is 1. The summed E-state index contributed by atoms with van der Waals surface area (Å²) in [7, 11) is 0. The molecule has 0 aromatic carbocycles. The zero-order valence-corrected chi connectivity index (χ0v) is 12.4. The van der Waals surface area contributed by atoms with Crippen LogP contribution in [0.2, 0.25) is 0 Å². The molecule has 1 fully saturated rings. The van der Waals surface area contributed by atoms with Crippen molar-refractivity contribution in [3.63, 3.8) is 0 Å². The summed E-state index contributed by atoms with van der Waals surface area (Å²) in [5.74, 6) is 0.729. The van der Waals surface area contributed by atoms with E-state index in [9.17, 15) is 4.79 Å². The predicted octanol–water partition coefficient (Wildman–Crippen LogP) is 2.25. The lowest BCUT2D eigenvalue weighted by molar-refractivity contribution is -0.120. The largest absolute Gasteiger partial charge is 0.370 e. The molecule has 3 heterocycles. The van der Waals surface area contributed by atoms with Gasteiger partial charge in [-0.25, -0.2) is 9.97 Å². The maximum atomic E-state index is 11.9. The van der Waals surface area contributed by atoms with E-state index >= 15 is 0 Å². The number of carbonyl (C=O) groups excluding carboxylic acids is 1. The number of hydrogen-bond donors (Lipinski definition) is 1. The Morgan fingerprint density at radius 1 is 1.48 bits per heavy atom. The Morgan fingerprint density at radius 2 is 2.43 bits per heavy atom. The van der Waals surface area contributed by atoms with Crippen LogP contribution in [0.5, 0.6) is 0 Å². The maximum absolute atomic E-state index is 11.9. The molecule has 1 unspecified atom stereocenters. The Balaban J connectivity index is 1.55. The van der Waals surface area contributed by atoms with Crippen LogP contribution in [0, 0.1) is 0 Å². The molecule has 5 nitrogen and oxygen atoms in total. The van der Waals surface area contributed by atoms with Gasteiger partial charge in [-0.3, -0.25) is 4.79 Å². The molecule has 6 heteroatoms. The summed E-state index contributed by atoms with van der Waals surface area (Å²) in [5.41, 5.74) is 0.815. The van der Waals surface area contributed by atoms with Crippen LogP contribution in [0.15, 0.2) is 29.8 Å². The minimum Gasteiger partial charge on any atom is -0.370 e. The van der Waals surface area contributed by atoms with E-state index in [1.54, 1.807) is 17.5 Å². The van der Waals surface area contributed by atoms with Crippen LogP contribution in [0.25, 0.3) is 0 Å². The lowest BCUT2D eigenvalue weighted by atomic mass is 10.2. The topological polar surface area (TPSA) is 64.1 Å². The third kappa shape index (κ3) is 3.86. The first-order valence-corrected chi connectivity index (χ1v) is 7.92. The van der Waals surface area contributed by atoms with Crippen LogP contribution in [0.4, 0.5) is 0 Å². The average Bonchev–Trinajstić information content (AvgIpc) is 3.19. The van der Waals surface area contributed by atoms with Crippen molar-refractivity contribution in [1.29, 1.82) is 0 Å². The van der Waals surface area contributed by atoms with Crippen LogP contribution < -0.4 is 5.32 Å². The molecule has 0 aliphatic carbocycles. The van der Waals surface area contributed by atoms with E-state index in [1.165, 1.54) is 0 Å². The number of rotatable bonds is 5. The highest BCUT2D eigenvalue weighted by molar-refractivity contribution is 7.10. The highest BCUT2D eigenvalue weighted by atomic mass is 32.1. The molecule has 1 aliphatic rings. The number of aromatic nitrogens is 2.